The van der Waals surface area contributed by atoms with Gasteiger partial charge >= 0.3 is 0 Å². The van der Waals surface area contributed by atoms with Gasteiger partial charge in [0.05, 0.1) is 17.8 Å². The van der Waals surface area contributed by atoms with Crippen molar-refractivity contribution in [1.29, 1.82) is 0 Å². The van der Waals surface area contributed by atoms with Crippen LogP contribution in [0.5, 0.6) is 0 Å². The molecule has 29 heavy (non-hydrogen) atoms. The predicted molar refractivity (Wildman–Crippen MR) is 109 cm³/mol. The van der Waals surface area contributed by atoms with Crippen LogP contribution in [0.2, 0.25) is 0 Å². The normalized spacial score (nSPS) is 17.6. The number of nitrogens with zero attached hydrogens (tertiary/aromatic N) is 6. The summed E-state index contributed by atoms with van der Waals surface area (Å²) in [4.78, 5) is 11.1. The Bertz CT molecular complexity index is 1130. The van der Waals surface area contributed by atoms with E-state index in [1.807, 2.05) is 35.8 Å². The number of pyridine rings is 3. The van der Waals surface area contributed by atoms with Crippen LogP contribution in [0, 0.1) is 6.92 Å². The molecule has 0 aliphatic carbocycles. The molecule has 0 aromatic carbocycles. The summed E-state index contributed by atoms with van der Waals surface area (Å²) in [5, 5.41) is 8.78. The van der Waals surface area contributed by atoms with Gasteiger partial charge < -0.3 is 4.74 Å². The van der Waals surface area contributed by atoms with Crippen LogP contribution in [0.25, 0.3) is 16.6 Å². The highest BCUT2D eigenvalue weighted by Crippen LogP contribution is 2.27. The number of fused-ring (bicyclic) bond motifs is 1. The monoisotopic (exact) mass is 386 g/mol. The molecule has 0 saturated carbocycles. The second kappa shape index (κ2) is 7.69. The van der Waals surface area contributed by atoms with E-state index in [0.29, 0.717) is 6.61 Å². The predicted octanol–water partition coefficient (Wildman–Crippen LogP) is 3.07. The molecule has 7 heteroatoms. The first-order valence-electron chi connectivity index (χ1n) is 9.78. The highest BCUT2D eigenvalue weighted by atomic mass is 16.5. The molecule has 7 nitrogen and oxygen atoms in total. The molecular formula is C22H22N6O. The number of aryl methyl sites for hydroxylation is 1. The third kappa shape index (κ3) is 3.74. The molecule has 1 fully saturated rings. The number of rotatable bonds is 4. The first-order chi connectivity index (χ1) is 14.3. The quantitative estimate of drug-likeness (QED) is 0.537. The summed E-state index contributed by atoms with van der Waals surface area (Å²) in [6.07, 6.45) is 5.48. The Kier molecular flexibility index (Phi) is 4.75. The largest absolute Gasteiger partial charge is 0.369 e. The standard InChI is InChI=1S/C22H22N6O/c1-16-3-2-4-19(24-16)14-27-11-12-29-21(15-27)22-20-6-5-18(13-28(20)26-25-22)17-7-9-23-10-8-17/h2-10,13,21H,11-12,14-15H2,1H3/t21-/m0/s1. The Morgan fingerprint density at radius 3 is 2.83 bits per heavy atom. The van der Waals surface area contributed by atoms with Crippen LogP contribution in [0.1, 0.15) is 23.2 Å². The molecule has 0 spiro atoms. The zero-order chi connectivity index (χ0) is 19.6. The minimum Gasteiger partial charge on any atom is -0.369 e. The van der Waals surface area contributed by atoms with Gasteiger partial charge in [0.2, 0.25) is 0 Å². The van der Waals surface area contributed by atoms with Crippen molar-refractivity contribution >= 4 is 5.52 Å². The van der Waals surface area contributed by atoms with Crippen LogP contribution < -0.4 is 0 Å². The Hall–Kier alpha value is -3.16. The highest BCUT2D eigenvalue weighted by Gasteiger charge is 2.26. The van der Waals surface area contributed by atoms with E-state index in [2.05, 4.69) is 49.4 Å². The molecular weight excluding hydrogens is 364 g/mol. The van der Waals surface area contributed by atoms with Crippen molar-refractivity contribution < 1.29 is 4.74 Å². The zero-order valence-corrected chi connectivity index (χ0v) is 16.3. The van der Waals surface area contributed by atoms with E-state index >= 15 is 0 Å². The van der Waals surface area contributed by atoms with Crippen molar-refractivity contribution in [3.8, 4) is 11.1 Å². The van der Waals surface area contributed by atoms with E-state index in [0.717, 1.165) is 53.4 Å². The van der Waals surface area contributed by atoms with Gasteiger partial charge in [-0.2, -0.15) is 0 Å². The Labute approximate surface area is 169 Å². The number of hydrogen-bond acceptors (Lipinski definition) is 6. The van der Waals surface area contributed by atoms with Crippen molar-refractivity contribution in [3.63, 3.8) is 0 Å². The van der Waals surface area contributed by atoms with E-state index in [4.69, 9.17) is 4.74 Å². The minimum atomic E-state index is -0.0992. The maximum absolute atomic E-state index is 6.05. The average Bonchev–Trinajstić information content (AvgIpc) is 3.18. The maximum Gasteiger partial charge on any atom is 0.121 e. The topological polar surface area (TPSA) is 68.4 Å². The van der Waals surface area contributed by atoms with Gasteiger partial charge in [0.1, 0.15) is 11.8 Å². The van der Waals surface area contributed by atoms with E-state index < -0.39 is 0 Å². The summed E-state index contributed by atoms with van der Waals surface area (Å²) in [5.41, 5.74) is 6.16. The molecule has 0 unspecified atom stereocenters. The van der Waals surface area contributed by atoms with Crippen LogP contribution in [0.4, 0.5) is 0 Å². The van der Waals surface area contributed by atoms with Crippen LogP contribution in [0.3, 0.4) is 0 Å². The van der Waals surface area contributed by atoms with Crippen molar-refractivity contribution in [2.24, 2.45) is 0 Å². The van der Waals surface area contributed by atoms with E-state index in [1.165, 1.54) is 0 Å². The zero-order valence-electron chi connectivity index (χ0n) is 16.3. The lowest BCUT2D eigenvalue weighted by atomic mass is 10.1. The summed E-state index contributed by atoms with van der Waals surface area (Å²) in [6.45, 7) is 5.17. The van der Waals surface area contributed by atoms with Crippen molar-refractivity contribution in [2.75, 3.05) is 19.7 Å². The molecule has 1 saturated heterocycles. The molecule has 5 heterocycles. The number of hydrogen-bond donors (Lipinski definition) is 0. The summed E-state index contributed by atoms with van der Waals surface area (Å²) in [7, 11) is 0. The fourth-order valence-corrected chi connectivity index (χ4v) is 3.79. The fraction of sp³-hybridized carbons (Fsp3) is 0.273. The second-order valence-corrected chi connectivity index (χ2v) is 7.32. The van der Waals surface area contributed by atoms with Crippen LogP contribution in [0.15, 0.2) is 61.1 Å². The highest BCUT2D eigenvalue weighted by molar-refractivity contribution is 5.65. The third-order valence-electron chi connectivity index (χ3n) is 5.24. The molecule has 1 aliphatic rings. The number of ether oxygens (including phenoxy) is 1. The first kappa shape index (κ1) is 17.9. The molecule has 4 aromatic rings. The van der Waals surface area contributed by atoms with Gasteiger partial charge in [0, 0.05) is 49.5 Å². The van der Waals surface area contributed by atoms with Gasteiger partial charge in [-0.3, -0.25) is 14.9 Å². The van der Waals surface area contributed by atoms with Crippen molar-refractivity contribution in [2.45, 2.75) is 19.6 Å². The van der Waals surface area contributed by atoms with E-state index in [9.17, 15) is 0 Å². The van der Waals surface area contributed by atoms with Crippen LogP contribution in [-0.4, -0.2) is 49.4 Å². The van der Waals surface area contributed by atoms with E-state index in [1.54, 1.807) is 12.4 Å². The van der Waals surface area contributed by atoms with E-state index in [-0.39, 0.29) is 6.10 Å². The van der Waals surface area contributed by atoms with Gasteiger partial charge in [-0.25, -0.2) is 4.52 Å². The van der Waals surface area contributed by atoms with Gasteiger partial charge in [0.15, 0.2) is 0 Å². The molecule has 0 bridgehead atoms. The Morgan fingerprint density at radius 1 is 1.07 bits per heavy atom. The lowest BCUT2D eigenvalue weighted by Crippen LogP contribution is -2.38. The lowest BCUT2D eigenvalue weighted by Gasteiger charge is -2.31. The molecule has 5 rings (SSSR count). The Balaban J connectivity index is 1.37. The third-order valence-corrected chi connectivity index (χ3v) is 5.24. The molecule has 0 N–H and O–H groups in total. The summed E-state index contributed by atoms with van der Waals surface area (Å²) >= 11 is 0. The molecule has 1 aliphatic heterocycles. The van der Waals surface area contributed by atoms with Crippen molar-refractivity contribution in [3.05, 3.63) is 78.1 Å². The van der Waals surface area contributed by atoms with Gasteiger partial charge in [0.25, 0.3) is 0 Å². The second-order valence-electron chi connectivity index (χ2n) is 7.32. The smallest absolute Gasteiger partial charge is 0.121 e. The van der Waals surface area contributed by atoms with Gasteiger partial charge in [-0.15, -0.1) is 5.10 Å². The fourth-order valence-electron chi connectivity index (χ4n) is 3.79. The van der Waals surface area contributed by atoms with Gasteiger partial charge in [-0.1, -0.05) is 17.3 Å². The average molecular weight is 386 g/mol. The Morgan fingerprint density at radius 2 is 1.97 bits per heavy atom. The van der Waals surface area contributed by atoms with Gasteiger partial charge in [-0.05, 0) is 42.8 Å². The SMILES string of the molecule is Cc1cccc(CN2CCO[C@H](c3nnn4cc(-c5ccncc5)ccc34)C2)n1. The van der Waals surface area contributed by atoms with Crippen LogP contribution >= 0.6 is 0 Å². The molecule has 1 atom stereocenters. The number of aromatic nitrogens is 5. The summed E-state index contributed by atoms with van der Waals surface area (Å²) in [5.74, 6) is 0. The van der Waals surface area contributed by atoms with Crippen molar-refractivity contribution in [1.82, 2.24) is 29.7 Å². The molecule has 0 radical (unpaired) electrons. The summed E-state index contributed by atoms with van der Waals surface area (Å²) in [6, 6.07) is 14.3. The molecule has 146 valence electrons. The molecule has 0 amide bonds. The number of morpholine rings is 1. The first-order valence-corrected chi connectivity index (χ1v) is 9.78. The van der Waals surface area contributed by atoms with Crippen LogP contribution in [-0.2, 0) is 11.3 Å². The maximum atomic E-state index is 6.05. The lowest BCUT2D eigenvalue weighted by molar-refractivity contribution is -0.0346. The molecule has 4 aromatic heterocycles. The summed E-state index contributed by atoms with van der Waals surface area (Å²) < 4.78 is 7.88. The minimum absolute atomic E-state index is 0.0992.